The third-order valence-corrected chi connectivity index (χ3v) is 2.44. The molecule has 0 atom stereocenters. The molecule has 0 radical (unpaired) electrons. The predicted octanol–water partition coefficient (Wildman–Crippen LogP) is 1.67. The Kier molecular flexibility index (Phi) is 2.03. The van der Waals surface area contributed by atoms with E-state index in [1.807, 2.05) is 0 Å². The smallest absolute Gasteiger partial charge is 0.221 e. The van der Waals surface area contributed by atoms with Gasteiger partial charge >= 0.3 is 0 Å². The Bertz CT molecular complexity index is 523. The van der Waals surface area contributed by atoms with Crippen LogP contribution in [0.1, 0.15) is 0 Å². The van der Waals surface area contributed by atoms with Crippen LogP contribution in [0.25, 0.3) is 10.9 Å². The van der Waals surface area contributed by atoms with Gasteiger partial charge < -0.3 is 0 Å². The first-order chi connectivity index (χ1) is 6.20. The SMILES string of the molecule is O=c1c(I)n[nH]c2c(F)cccc12. The van der Waals surface area contributed by atoms with Crippen molar-refractivity contribution in [1.82, 2.24) is 10.2 Å². The number of hydrogen-bond donors (Lipinski definition) is 1. The standard InChI is InChI=1S/C8H4FIN2O/c9-5-3-1-2-4-6(5)11-12-8(10)7(4)13/h1-3H,(H,11,13). The number of rotatable bonds is 0. The molecule has 1 aromatic carbocycles. The van der Waals surface area contributed by atoms with Crippen LogP contribution in [0, 0.1) is 9.52 Å². The molecular formula is C8H4FIN2O. The summed E-state index contributed by atoms with van der Waals surface area (Å²) >= 11 is 1.81. The van der Waals surface area contributed by atoms with Gasteiger partial charge in [0.15, 0.2) is 3.70 Å². The Hall–Kier alpha value is -0.980. The number of nitrogens with one attached hydrogen (secondary N) is 1. The summed E-state index contributed by atoms with van der Waals surface area (Å²) in [6, 6.07) is 4.36. The molecule has 13 heavy (non-hydrogen) atoms. The average molecular weight is 290 g/mol. The van der Waals surface area contributed by atoms with Crippen molar-refractivity contribution in [1.29, 1.82) is 0 Å². The second-order valence-corrected chi connectivity index (χ2v) is 3.53. The molecule has 0 spiro atoms. The van der Waals surface area contributed by atoms with E-state index in [1.54, 1.807) is 28.7 Å². The zero-order valence-electron chi connectivity index (χ0n) is 6.34. The van der Waals surface area contributed by atoms with E-state index in [0.717, 1.165) is 0 Å². The van der Waals surface area contributed by atoms with Crippen molar-refractivity contribution >= 4 is 33.5 Å². The highest BCUT2D eigenvalue weighted by atomic mass is 127. The highest BCUT2D eigenvalue weighted by Crippen LogP contribution is 2.10. The largest absolute Gasteiger partial charge is 0.286 e. The fourth-order valence-corrected chi connectivity index (χ4v) is 1.51. The van der Waals surface area contributed by atoms with Crippen LogP contribution in [-0.2, 0) is 0 Å². The van der Waals surface area contributed by atoms with Gasteiger partial charge in [-0.3, -0.25) is 9.89 Å². The first-order valence-electron chi connectivity index (χ1n) is 3.52. The molecule has 0 amide bonds. The molecule has 1 N–H and O–H groups in total. The molecule has 0 aliphatic carbocycles. The Morgan fingerprint density at radius 3 is 3.00 bits per heavy atom. The third kappa shape index (κ3) is 1.32. The third-order valence-electron chi connectivity index (χ3n) is 1.71. The molecule has 0 saturated carbocycles. The number of fused-ring (bicyclic) bond motifs is 1. The summed E-state index contributed by atoms with van der Waals surface area (Å²) < 4.78 is 13.4. The van der Waals surface area contributed by atoms with Crippen molar-refractivity contribution in [2.45, 2.75) is 0 Å². The summed E-state index contributed by atoms with van der Waals surface area (Å²) in [6.45, 7) is 0. The maximum absolute atomic E-state index is 13.1. The lowest BCUT2D eigenvalue weighted by Crippen LogP contribution is -2.10. The summed E-state index contributed by atoms with van der Waals surface area (Å²) in [5.41, 5.74) is -0.0817. The van der Waals surface area contributed by atoms with Crippen LogP contribution in [-0.4, -0.2) is 10.2 Å². The summed E-state index contributed by atoms with van der Waals surface area (Å²) in [5, 5.41) is 6.51. The lowest BCUT2D eigenvalue weighted by Gasteiger charge is -1.97. The van der Waals surface area contributed by atoms with Gasteiger partial charge in [0.05, 0.1) is 5.39 Å². The van der Waals surface area contributed by atoms with E-state index in [2.05, 4.69) is 10.2 Å². The first-order valence-corrected chi connectivity index (χ1v) is 4.60. The molecule has 0 bridgehead atoms. The lowest BCUT2D eigenvalue weighted by atomic mass is 10.2. The first kappa shape index (κ1) is 8.61. The van der Waals surface area contributed by atoms with Gasteiger partial charge in [-0.2, -0.15) is 5.10 Å². The molecular weight excluding hydrogens is 286 g/mol. The molecule has 0 fully saturated rings. The molecule has 5 heteroatoms. The van der Waals surface area contributed by atoms with Crippen LogP contribution in [0.15, 0.2) is 23.0 Å². The van der Waals surface area contributed by atoms with Gasteiger partial charge in [-0.15, -0.1) is 0 Å². The summed E-state index contributed by atoms with van der Waals surface area (Å²) in [7, 11) is 0. The molecule has 0 unspecified atom stereocenters. The van der Waals surface area contributed by atoms with Crippen molar-refractivity contribution < 1.29 is 4.39 Å². The summed E-state index contributed by atoms with van der Waals surface area (Å²) in [5.74, 6) is -0.460. The van der Waals surface area contributed by atoms with E-state index < -0.39 is 5.82 Å². The Balaban J connectivity index is 3.03. The molecule has 0 aliphatic heterocycles. The number of aromatic amines is 1. The molecule has 3 nitrogen and oxygen atoms in total. The van der Waals surface area contributed by atoms with Crippen molar-refractivity contribution in [3.63, 3.8) is 0 Å². The average Bonchev–Trinajstić information content (AvgIpc) is 2.12. The van der Waals surface area contributed by atoms with E-state index in [9.17, 15) is 9.18 Å². The van der Waals surface area contributed by atoms with Crippen molar-refractivity contribution in [3.8, 4) is 0 Å². The van der Waals surface area contributed by atoms with Gasteiger partial charge in [-0.1, -0.05) is 6.07 Å². The lowest BCUT2D eigenvalue weighted by molar-refractivity contribution is 0.634. The highest BCUT2D eigenvalue weighted by Gasteiger charge is 2.06. The minimum absolute atomic E-state index is 0.160. The molecule has 1 aromatic heterocycles. The second kappa shape index (κ2) is 3.06. The van der Waals surface area contributed by atoms with Crippen LogP contribution in [0.3, 0.4) is 0 Å². The van der Waals surface area contributed by atoms with Crippen LogP contribution in [0.5, 0.6) is 0 Å². The molecule has 0 aliphatic rings. The number of nitrogens with zero attached hydrogens (tertiary/aromatic N) is 1. The monoisotopic (exact) mass is 290 g/mol. The van der Waals surface area contributed by atoms with E-state index >= 15 is 0 Å². The van der Waals surface area contributed by atoms with E-state index in [0.29, 0.717) is 9.09 Å². The maximum atomic E-state index is 13.1. The number of H-pyrrole nitrogens is 1. The molecule has 2 aromatic rings. The minimum atomic E-state index is -0.460. The van der Waals surface area contributed by atoms with Crippen LogP contribution in [0.2, 0.25) is 0 Å². The summed E-state index contributed by atoms with van der Waals surface area (Å²) in [6.07, 6.45) is 0. The van der Waals surface area contributed by atoms with Gasteiger partial charge in [0.1, 0.15) is 11.3 Å². The number of hydrogen-bond acceptors (Lipinski definition) is 2. The minimum Gasteiger partial charge on any atom is -0.286 e. The Labute approximate surface area is 86.1 Å². The summed E-state index contributed by atoms with van der Waals surface area (Å²) in [4.78, 5) is 11.4. The number of benzene rings is 1. The van der Waals surface area contributed by atoms with Crippen molar-refractivity contribution in [2.24, 2.45) is 0 Å². The van der Waals surface area contributed by atoms with Gasteiger partial charge in [0, 0.05) is 0 Å². The van der Waals surface area contributed by atoms with Gasteiger partial charge in [0.25, 0.3) is 0 Å². The number of aromatic nitrogens is 2. The van der Waals surface area contributed by atoms with Crippen molar-refractivity contribution in [3.05, 3.63) is 37.9 Å². The Morgan fingerprint density at radius 2 is 2.23 bits per heavy atom. The zero-order chi connectivity index (χ0) is 9.42. The van der Waals surface area contributed by atoms with E-state index in [1.165, 1.54) is 12.1 Å². The highest BCUT2D eigenvalue weighted by molar-refractivity contribution is 14.1. The van der Waals surface area contributed by atoms with Gasteiger partial charge in [-0.05, 0) is 34.7 Å². The van der Waals surface area contributed by atoms with Crippen LogP contribution >= 0.6 is 22.6 Å². The van der Waals surface area contributed by atoms with Crippen LogP contribution in [0.4, 0.5) is 4.39 Å². The second-order valence-electron chi connectivity index (χ2n) is 2.51. The van der Waals surface area contributed by atoms with E-state index in [4.69, 9.17) is 0 Å². The molecule has 1 heterocycles. The quantitative estimate of drug-likeness (QED) is 0.750. The molecule has 66 valence electrons. The van der Waals surface area contributed by atoms with E-state index in [-0.39, 0.29) is 10.9 Å². The van der Waals surface area contributed by atoms with Crippen molar-refractivity contribution in [2.75, 3.05) is 0 Å². The Morgan fingerprint density at radius 1 is 1.46 bits per heavy atom. The zero-order valence-corrected chi connectivity index (χ0v) is 8.50. The topological polar surface area (TPSA) is 45.8 Å². The predicted molar refractivity (Wildman–Crippen MR) is 55.0 cm³/mol. The number of para-hydroxylation sites is 1. The van der Waals surface area contributed by atoms with Crippen LogP contribution < -0.4 is 5.43 Å². The molecule has 2 rings (SSSR count). The van der Waals surface area contributed by atoms with Gasteiger partial charge in [-0.25, -0.2) is 4.39 Å². The molecule has 0 saturated heterocycles. The fourth-order valence-electron chi connectivity index (χ4n) is 1.09. The maximum Gasteiger partial charge on any atom is 0.221 e. The normalized spacial score (nSPS) is 10.6. The number of halogens is 2. The van der Waals surface area contributed by atoms with Gasteiger partial charge in [0.2, 0.25) is 5.43 Å². The fraction of sp³-hybridized carbons (Fsp3) is 0.